The van der Waals surface area contributed by atoms with Crippen LogP contribution in [0.4, 0.5) is 0 Å². The summed E-state index contributed by atoms with van der Waals surface area (Å²) < 4.78 is 0. The Morgan fingerprint density at radius 1 is 1.38 bits per heavy atom. The van der Waals surface area contributed by atoms with Crippen LogP contribution in [0.3, 0.4) is 0 Å². The zero-order valence-corrected chi connectivity index (χ0v) is 8.26. The Morgan fingerprint density at radius 3 is 2.23 bits per heavy atom. The fraction of sp³-hybridized carbons (Fsp3) is 0.900. The van der Waals surface area contributed by atoms with E-state index in [4.69, 9.17) is 0 Å². The van der Waals surface area contributed by atoms with E-state index in [2.05, 4.69) is 5.32 Å². The van der Waals surface area contributed by atoms with Gasteiger partial charge in [-0.15, -0.1) is 0 Å². The average molecular weight is 183 g/mol. The molecule has 0 saturated heterocycles. The smallest absolute Gasteiger partial charge is 0.324 e. The second-order valence-corrected chi connectivity index (χ2v) is 5.01. The lowest BCUT2D eigenvalue weighted by Crippen LogP contribution is -2.68. The predicted octanol–water partition coefficient (Wildman–Crippen LogP) is 1.38. The highest BCUT2D eigenvalue weighted by Crippen LogP contribution is 2.50. The molecule has 2 saturated carbocycles. The van der Waals surface area contributed by atoms with Gasteiger partial charge in [0.25, 0.3) is 0 Å². The van der Waals surface area contributed by atoms with Gasteiger partial charge in [-0.05, 0) is 31.1 Å². The second kappa shape index (κ2) is 2.47. The number of carboxylic acids is 1. The molecule has 0 radical (unpaired) electrons. The molecular formula is C10H17NO2. The van der Waals surface area contributed by atoms with Gasteiger partial charge in [0, 0.05) is 6.04 Å². The fourth-order valence-electron chi connectivity index (χ4n) is 2.18. The molecule has 0 bridgehead atoms. The first-order valence-corrected chi connectivity index (χ1v) is 4.99. The zero-order valence-electron chi connectivity index (χ0n) is 8.26. The van der Waals surface area contributed by atoms with Crippen LogP contribution in [-0.4, -0.2) is 22.7 Å². The summed E-state index contributed by atoms with van der Waals surface area (Å²) in [4.78, 5) is 11.2. The zero-order chi connectivity index (χ0) is 9.69. The molecule has 0 aromatic carbocycles. The second-order valence-electron chi connectivity index (χ2n) is 5.01. The van der Waals surface area contributed by atoms with E-state index >= 15 is 0 Å². The van der Waals surface area contributed by atoms with Gasteiger partial charge in [-0.2, -0.15) is 0 Å². The molecule has 2 aliphatic rings. The molecule has 2 fully saturated rings. The molecule has 74 valence electrons. The van der Waals surface area contributed by atoms with E-state index in [-0.39, 0.29) is 5.41 Å². The fourth-order valence-corrected chi connectivity index (χ4v) is 2.18. The Labute approximate surface area is 78.5 Å². The van der Waals surface area contributed by atoms with Crippen molar-refractivity contribution in [2.24, 2.45) is 5.41 Å². The van der Waals surface area contributed by atoms with Crippen molar-refractivity contribution in [2.75, 3.05) is 0 Å². The summed E-state index contributed by atoms with van der Waals surface area (Å²) in [5.74, 6) is -0.671. The maximum absolute atomic E-state index is 11.2. The Morgan fingerprint density at radius 2 is 2.00 bits per heavy atom. The van der Waals surface area contributed by atoms with E-state index in [1.807, 2.05) is 13.8 Å². The van der Waals surface area contributed by atoms with Crippen molar-refractivity contribution in [2.45, 2.75) is 51.1 Å². The molecule has 1 unspecified atom stereocenters. The first-order chi connectivity index (χ1) is 5.98. The third-order valence-electron chi connectivity index (χ3n) is 3.67. The van der Waals surface area contributed by atoms with Crippen LogP contribution in [0.5, 0.6) is 0 Å². The third kappa shape index (κ3) is 1.17. The van der Waals surface area contributed by atoms with Crippen molar-refractivity contribution in [3.63, 3.8) is 0 Å². The Balaban J connectivity index is 2.15. The van der Waals surface area contributed by atoms with Crippen molar-refractivity contribution in [3.05, 3.63) is 0 Å². The molecule has 0 spiro atoms. The van der Waals surface area contributed by atoms with Crippen LogP contribution in [0.25, 0.3) is 0 Å². The highest BCUT2D eigenvalue weighted by atomic mass is 16.4. The standard InChI is InChI=1S/C10H17NO2/c1-9(2)5-6-10(9,8(12)13)11-7-3-4-7/h7,11H,3-6H2,1-2H3,(H,12,13). The van der Waals surface area contributed by atoms with Crippen LogP contribution in [0, 0.1) is 5.41 Å². The first kappa shape index (κ1) is 9.00. The SMILES string of the molecule is CC1(C)CCC1(NC1CC1)C(=O)O. The van der Waals surface area contributed by atoms with E-state index in [1.165, 1.54) is 0 Å². The minimum absolute atomic E-state index is 0.0819. The van der Waals surface area contributed by atoms with E-state index in [1.54, 1.807) is 0 Å². The third-order valence-corrected chi connectivity index (χ3v) is 3.67. The van der Waals surface area contributed by atoms with Gasteiger partial charge >= 0.3 is 5.97 Å². The van der Waals surface area contributed by atoms with Crippen molar-refractivity contribution < 1.29 is 9.90 Å². The maximum Gasteiger partial charge on any atom is 0.324 e. The molecule has 1 atom stereocenters. The number of nitrogens with one attached hydrogen (secondary N) is 1. The lowest BCUT2D eigenvalue weighted by atomic mass is 9.56. The summed E-state index contributed by atoms with van der Waals surface area (Å²) in [6.45, 7) is 4.08. The Kier molecular flexibility index (Phi) is 1.71. The number of carboxylic acid groups (broad SMARTS) is 1. The molecule has 0 aromatic rings. The van der Waals surface area contributed by atoms with E-state index in [0.717, 1.165) is 25.7 Å². The number of hydrogen-bond donors (Lipinski definition) is 2. The molecule has 0 aromatic heterocycles. The topological polar surface area (TPSA) is 49.3 Å². The lowest BCUT2D eigenvalue weighted by molar-refractivity contribution is -0.160. The molecule has 3 heteroatoms. The van der Waals surface area contributed by atoms with Gasteiger partial charge in [0.2, 0.25) is 0 Å². The quantitative estimate of drug-likeness (QED) is 0.695. The number of rotatable bonds is 3. The lowest BCUT2D eigenvalue weighted by Gasteiger charge is -2.53. The normalized spacial score (nSPS) is 36.8. The molecule has 0 aliphatic heterocycles. The average Bonchev–Trinajstić information content (AvgIpc) is 2.80. The molecular weight excluding hydrogens is 166 g/mol. The summed E-state index contributed by atoms with van der Waals surface area (Å²) >= 11 is 0. The van der Waals surface area contributed by atoms with Crippen LogP contribution in [0.1, 0.15) is 39.5 Å². The summed E-state index contributed by atoms with van der Waals surface area (Å²) in [5.41, 5.74) is -0.713. The molecule has 2 rings (SSSR count). The van der Waals surface area contributed by atoms with E-state index < -0.39 is 11.5 Å². The Hall–Kier alpha value is -0.570. The number of aliphatic carboxylic acids is 1. The summed E-state index contributed by atoms with van der Waals surface area (Å²) in [5, 5.41) is 12.5. The van der Waals surface area contributed by atoms with Crippen molar-refractivity contribution >= 4 is 5.97 Å². The largest absolute Gasteiger partial charge is 0.480 e. The van der Waals surface area contributed by atoms with Gasteiger partial charge in [0.15, 0.2) is 0 Å². The van der Waals surface area contributed by atoms with Gasteiger partial charge in [-0.25, -0.2) is 0 Å². The van der Waals surface area contributed by atoms with Gasteiger partial charge in [-0.1, -0.05) is 13.8 Å². The molecule has 13 heavy (non-hydrogen) atoms. The van der Waals surface area contributed by atoms with Crippen LogP contribution in [-0.2, 0) is 4.79 Å². The van der Waals surface area contributed by atoms with Crippen LogP contribution >= 0.6 is 0 Å². The molecule has 3 nitrogen and oxygen atoms in total. The Bertz CT molecular complexity index is 245. The number of hydrogen-bond acceptors (Lipinski definition) is 2. The monoisotopic (exact) mass is 183 g/mol. The first-order valence-electron chi connectivity index (χ1n) is 4.99. The highest BCUT2D eigenvalue weighted by molar-refractivity contribution is 5.81. The van der Waals surface area contributed by atoms with Crippen LogP contribution in [0.15, 0.2) is 0 Å². The van der Waals surface area contributed by atoms with Crippen LogP contribution < -0.4 is 5.32 Å². The van der Waals surface area contributed by atoms with E-state index in [9.17, 15) is 9.90 Å². The summed E-state index contributed by atoms with van der Waals surface area (Å²) in [7, 11) is 0. The van der Waals surface area contributed by atoms with Gasteiger partial charge in [0.1, 0.15) is 5.54 Å². The molecule has 0 amide bonds. The minimum atomic E-state index is -0.671. The van der Waals surface area contributed by atoms with Crippen molar-refractivity contribution in [1.29, 1.82) is 0 Å². The van der Waals surface area contributed by atoms with Crippen LogP contribution in [0.2, 0.25) is 0 Å². The summed E-state index contributed by atoms with van der Waals surface area (Å²) in [6, 6.07) is 0.468. The van der Waals surface area contributed by atoms with Crippen molar-refractivity contribution in [1.82, 2.24) is 5.32 Å². The van der Waals surface area contributed by atoms with Gasteiger partial charge in [0.05, 0.1) is 0 Å². The van der Waals surface area contributed by atoms with Gasteiger partial charge < -0.3 is 5.11 Å². The highest BCUT2D eigenvalue weighted by Gasteiger charge is 2.59. The van der Waals surface area contributed by atoms with Crippen molar-refractivity contribution in [3.8, 4) is 0 Å². The predicted molar refractivity (Wildman–Crippen MR) is 49.5 cm³/mol. The summed E-state index contributed by atoms with van der Waals surface area (Å²) in [6.07, 6.45) is 4.08. The number of carbonyl (C=O) groups is 1. The molecule has 0 heterocycles. The van der Waals surface area contributed by atoms with Gasteiger partial charge in [-0.3, -0.25) is 10.1 Å². The maximum atomic E-state index is 11.2. The van der Waals surface area contributed by atoms with E-state index in [0.29, 0.717) is 6.04 Å². The molecule has 2 N–H and O–H groups in total. The minimum Gasteiger partial charge on any atom is -0.480 e. The molecule has 2 aliphatic carbocycles.